The molecule has 9 heteroatoms. The fourth-order valence-corrected chi connectivity index (χ4v) is 1.69. The predicted octanol–water partition coefficient (Wildman–Crippen LogP) is 2.94. The lowest BCUT2D eigenvalue weighted by atomic mass is 10.2. The largest absolute Gasteiger partial charge is 0.383 e. The smallest absolute Gasteiger partial charge is 0.186 e. The van der Waals surface area contributed by atoms with Gasteiger partial charge in [-0.25, -0.2) is 17.6 Å². The van der Waals surface area contributed by atoms with Crippen molar-refractivity contribution in [3.63, 3.8) is 0 Å². The Morgan fingerprint density at radius 2 is 1.68 bits per heavy atom. The number of methoxy groups -OCH3 is 1. The third kappa shape index (κ3) is 3.77. The van der Waals surface area contributed by atoms with E-state index in [1.165, 1.54) is 7.11 Å². The van der Waals surface area contributed by atoms with E-state index in [0.717, 1.165) is 0 Å². The van der Waals surface area contributed by atoms with E-state index >= 15 is 0 Å². The van der Waals surface area contributed by atoms with Crippen LogP contribution in [0.3, 0.4) is 0 Å². The van der Waals surface area contributed by atoms with Gasteiger partial charge in [0.05, 0.1) is 11.1 Å². The average molecular weight is 361 g/mol. The van der Waals surface area contributed by atoms with E-state index in [1.54, 1.807) is 0 Å². The number of benzene rings is 1. The first-order chi connectivity index (χ1) is 8.90. The van der Waals surface area contributed by atoms with E-state index in [0.29, 0.717) is 6.61 Å². The van der Waals surface area contributed by atoms with Crippen LogP contribution in [0.1, 0.15) is 0 Å². The van der Waals surface area contributed by atoms with Gasteiger partial charge in [0, 0.05) is 13.7 Å². The summed E-state index contributed by atoms with van der Waals surface area (Å²) in [4.78, 5) is 0. The maximum absolute atomic E-state index is 13.5. The van der Waals surface area contributed by atoms with Gasteiger partial charge >= 0.3 is 0 Å². The Balaban J connectivity index is 2.93. The Bertz CT molecular complexity index is 472. The summed E-state index contributed by atoms with van der Waals surface area (Å²) >= 11 is 7.13. The number of ether oxygens (including phenoxy) is 1. The normalized spacial score (nSPS) is 10.4. The molecule has 0 bridgehead atoms. The minimum absolute atomic E-state index is 0.184. The SMILES string of the molecule is COCCNC(=S)Nc1c(F)c(F)c(Br)c(F)c1F. The molecule has 0 radical (unpaired) electrons. The van der Waals surface area contributed by atoms with Crippen LogP contribution in [0.25, 0.3) is 0 Å². The molecule has 1 rings (SSSR count). The van der Waals surface area contributed by atoms with E-state index in [1.807, 2.05) is 0 Å². The second kappa shape index (κ2) is 7.01. The monoisotopic (exact) mass is 360 g/mol. The molecule has 19 heavy (non-hydrogen) atoms. The molecular weight excluding hydrogens is 352 g/mol. The molecule has 0 aromatic heterocycles. The molecule has 0 unspecified atom stereocenters. The molecule has 3 nitrogen and oxygen atoms in total. The second-order valence-electron chi connectivity index (χ2n) is 3.32. The highest BCUT2D eigenvalue weighted by molar-refractivity contribution is 9.10. The third-order valence-electron chi connectivity index (χ3n) is 2.04. The maximum Gasteiger partial charge on any atom is 0.186 e. The highest BCUT2D eigenvalue weighted by Crippen LogP contribution is 2.31. The van der Waals surface area contributed by atoms with Crippen LogP contribution in [0.2, 0.25) is 0 Å². The lowest BCUT2D eigenvalue weighted by Gasteiger charge is -2.13. The van der Waals surface area contributed by atoms with E-state index < -0.39 is 33.4 Å². The van der Waals surface area contributed by atoms with E-state index in [2.05, 4.69) is 26.6 Å². The van der Waals surface area contributed by atoms with Gasteiger partial charge in [-0.15, -0.1) is 0 Å². The molecule has 0 heterocycles. The topological polar surface area (TPSA) is 33.3 Å². The van der Waals surface area contributed by atoms with Gasteiger partial charge in [-0.3, -0.25) is 0 Å². The van der Waals surface area contributed by atoms with Gasteiger partial charge in [0.25, 0.3) is 0 Å². The number of thiocarbonyl (C=S) groups is 1. The van der Waals surface area contributed by atoms with Crippen molar-refractivity contribution in [2.24, 2.45) is 0 Å². The molecule has 0 saturated carbocycles. The van der Waals surface area contributed by atoms with Crippen LogP contribution in [0.5, 0.6) is 0 Å². The van der Waals surface area contributed by atoms with Gasteiger partial charge in [-0.1, -0.05) is 0 Å². The fraction of sp³-hybridized carbons (Fsp3) is 0.300. The number of anilines is 1. The molecular formula is C10H9BrF4N2OS. The first-order valence-corrected chi connectivity index (χ1v) is 6.15. The van der Waals surface area contributed by atoms with Gasteiger partial charge in [-0.05, 0) is 28.1 Å². The highest BCUT2D eigenvalue weighted by Gasteiger charge is 2.24. The number of halogens is 5. The molecule has 0 aliphatic rings. The van der Waals surface area contributed by atoms with Gasteiger partial charge < -0.3 is 15.4 Å². The van der Waals surface area contributed by atoms with Gasteiger partial charge in [0.2, 0.25) is 0 Å². The summed E-state index contributed by atoms with van der Waals surface area (Å²) in [5.74, 6) is -6.22. The van der Waals surface area contributed by atoms with Gasteiger partial charge in [-0.2, -0.15) is 0 Å². The van der Waals surface area contributed by atoms with Crippen molar-refractivity contribution in [1.82, 2.24) is 5.32 Å². The van der Waals surface area contributed by atoms with Crippen LogP contribution in [-0.2, 0) is 4.74 Å². The van der Waals surface area contributed by atoms with Crippen molar-refractivity contribution in [2.75, 3.05) is 25.6 Å². The maximum atomic E-state index is 13.5. The first-order valence-electron chi connectivity index (χ1n) is 4.95. The first kappa shape index (κ1) is 16.1. The van der Waals surface area contributed by atoms with Crippen LogP contribution in [0.4, 0.5) is 23.2 Å². The Morgan fingerprint density at radius 1 is 1.16 bits per heavy atom. The quantitative estimate of drug-likeness (QED) is 0.284. The summed E-state index contributed by atoms with van der Waals surface area (Å²) in [5.41, 5.74) is -0.992. The second-order valence-corrected chi connectivity index (χ2v) is 4.52. The van der Waals surface area contributed by atoms with Crippen molar-refractivity contribution >= 4 is 38.9 Å². The van der Waals surface area contributed by atoms with Gasteiger partial charge in [0.15, 0.2) is 28.4 Å². The van der Waals surface area contributed by atoms with Crippen molar-refractivity contribution in [2.45, 2.75) is 0 Å². The van der Waals surface area contributed by atoms with Gasteiger partial charge in [0.1, 0.15) is 5.69 Å². The number of hydrogen-bond acceptors (Lipinski definition) is 2. The minimum atomic E-state index is -1.57. The molecule has 0 aliphatic carbocycles. The molecule has 0 amide bonds. The fourth-order valence-electron chi connectivity index (χ4n) is 1.14. The third-order valence-corrected chi connectivity index (χ3v) is 2.98. The summed E-state index contributed by atoms with van der Waals surface area (Å²) in [6.45, 7) is 0.572. The molecule has 0 atom stereocenters. The van der Waals surface area contributed by atoms with E-state index in [-0.39, 0.29) is 11.7 Å². The molecule has 1 aromatic carbocycles. The van der Waals surface area contributed by atoms with Crippen molar-refractivity contribution in [3.8, 4) is 0 Å². The lowest BCUT2D eigenvalue weighted by molar-refractivity contribution is 0.204. The van der Waals surface area contributed by atoms with Crippen LogP contribution < -0.4 is 10.6 Å². The summed E-state index contributed by atoms with van der Waals surface area (Å²) in [6.07, 6.45) is 0. The molecule has 0 aliphatic heterocycles. The zero-order valence-electron chi connectivity index (χ0n) is 9.62. The Labute approximate surface area is 120 Å². The zero-order valence-corrected chi connectivity index (χ0v) is 12.0. The Morgan fingerprint density at radius 3 is 2.16 bits per heavy atom. The Hall–Kier alpha value is -0.930. The van der Waals surface area contributed by atoms with E-state index in [4.69, 9.17) is 17.0 Å². The molecule has 0 fully saturated rings. The van der Waals surface area contributed by atoms with Crippen LogP contribution in [-0.4, -0.2) is 25.4 Å². The molecule has 0 spiro atoms. The zero-order chi connectivity index (χ0) is 14.6. The van der Waals surface area contributed by atoms with Crippen molar-refractivity contribution < 1.29 is 22.3 Å². The summed E-state index contributed by atoms with van der Waals surface area (Å²) in [7, 11) is 1.46. The summed E-state index contributed by atoms with van der Waals surface area (Å²) < 4.78 is 57.2. The van der Waals surface area contributed by atoms with Crippen molar-refractivity contribution in [1.29, 1.82) is 0 Å². The van der Waals surface area contributed by atoms with Crippen LogP contribution in [0.15, 0.2) is 4.47 Å². The standard InChI is InChI=1S/C10H9BrF4N2OS/c1-18-3-2-16-10(19)17-9-7(14)5(12)4(11)6(13)8(9)15/h2-3H2,1H3,(H2,16,17,19). The molecule has 0 saturated heterocycles. The molecule has 1 aromatic rings. The lowest BCUT2D eigenvalue weighted by Crippen LogP contribution is -2.32. The van der Waals surface area contributed by atoms with Crippen LogP contribution >= 0.6 is 28.1 Å². The van der Waals surface area contributed by atoms with Crippen LogP contribution in [0, 0.1) is 23.3 Å². The highest BCUT2D eigenvalue weighted by atomic mass is 79.9. The number of hydrogen-bond donors (Lipinski definition) is 2. The minimum Gasteiger partial charge on any atom is -0.383 e. The van der Waals surface area contributed by atoms with Crippen molar-refractivity contribution in [3.05, 3.63) is 27.7 Å². The average Bonchev–Trinajstić information content (AvgIpc) is 2.39. The number of rotatable bonds is 4. The summed E-state index contributed by atoms with van der Waals surface area (Å²) in [5, 5.41) is 4.42. The number of nitrogens with one attached hydrogen (secondary N) is 2. The Kier molecular flexibility index (Phi) is 5.95. The van der Waals surface area contributed by atoms with E-state index in [9.17, 15) is 17.6 Å². The summed E-state index contributed by atoms with van der Waals surface area (Å²) in [6, 6.07) is 0. The molecule has 2 N–H and O–H groups in total. The predicted molar refractivity (Wildman–Crippen MR) is 70.1 cm³/mol. The molecule has 106 valence electrons.